The largest absolute Gasteiger partial charge is 0.484 e. The van der Waals surface area contributed by atoms with Crippen molar-refractivity contribution >= 4 is 57.9 Å². The molecule has 11 nitrogen and oxygen atoms in total. The van der Waals surface area contributed by atoms with Gasteiger partial charge in [0.15, 0.2) is 6.61 Å². The van der Waals surface area contributed by atoms with Crippen LogP contribution in [0.15, 0.2) is 88.7 Å². The lowest BCUT2D eigenvalue weighted by molar-refractivity contribution is -0.384. The Hall–Kier alpha value is -4.75. The summed E-state index contributed by atoms with van der Waals surface area (Å²) in [5.74, 6) is -1.68. The number of amides is 3. The molecule has 1 aromatic heterocycles. The third-order valence-corrected chi connectivity index (χ3v) is 12.3. The van der Waals surface area contributed by atoms with Crippen molar-refractivity contribution in [2.45, 2.75) is 22.6 Å². The summed E-state index contributed by atoms with van der Waals surface area (Å²) >= 11 is 2.77. The van der Waals surface area contributed by atoms with Gasteiger partial charge in [0, 0.05) is 33.9 Å². The number of hydrogen-bond donors (Lipinski definition) is 2. The molecule has 0 unspecified atom stereocenters. The van der Waals surface area contributed by atoms with E-state index < -0.39 is 16.8 Å². The van der Waals surface area contributed by atoms with E-state index in [1.54, 1.807) is 30.0 Å². The lowest BCUT2D eigenvalue weighted by Gasteiger charge is -2.43. The van der Waals surface area contributed by atoms with Crippen molar-refractivity contribution in [3.8, 4) is 5.75 Å². The van der Waals surface area contributed by atoms with Gasteiger partial charge in [-0.3, -0.25) is 34.2 Å². The van der Waals surface area contributed by atoms with Crippen molar-refractivity contribution in [2.24, 2.45) is 29.6 Å². The van der Waals surface area contributed by atoms with E-state index in [0.29, 0.717) is 17.1 Å². The molecule has 46 heavy (non-hydrogen) atoms. The zero-order chi connectivity index (χ0) is 31.7. The van der Waals surface area contributed by atoms with Crippen molar-refractivity contribution < 1.29 is 24.0 Å². The Kier molecular flexibility index (Phi) is 6.83. The number of carbonyl (C=O) groups is 3. The van der Waals surface area contributed by atoms with Crippen LogP contribution in [0.2, 0.25) is 0 Å². The molecule has 0 spiro atoms. The van der Waals surface area contributed by atoms with Gasteiger partial charge in [0.2, 0.25) is 11.8 Å². The highest BCUT2D eigenvalue weighted by Gasteiger charge is 2.69. The molecule has 8 rings (SSSR count). The van der Waals surface area contributed by atoms with E-state index in [1.807, 2.05) is 36.4 Å². The molecule has 3 heterocycles. The zero-order valence-corrected chi connectivity index (χ0v) is 25.7. The van der Waals surface area contributed by atoms with Gasteiger partial charge < -0.3 is 15.0 Å². The molecule has 13 heteroatoms. The summed E-state index contributed by atoms with van der Waals surface area (Å²) in [4.78, 5) is 68.6. The molecule has 3 aromatic carbocycles. The number of rotatable bonds is 7. The van der Waals surface area contributed by atoms with Gasteiger partial charge in [-0.15, -0.1) is 11.8 Å². The SMILES string of the molecule is O=C(COc1cccc([C@@H]2c3sc(=O)[nH]c3S[C@@H]3[C@@H]4C[C@@H]([C@@H]5C(=O)N(c6ccc([N+](=O)[O-])cc6)C(=O)[C@@H]45)[C@H]23)c1)Nc1ccccc1. The van der Waals surface area contributed by atoms with E-state index >= 15 is 0 Å². The number of imide groups is 1. The summed E-state index contributed by atoms with van der Waals surface area (Å²) in [6.07, 6.45) is 0.731. The first-order chi connectivity index (χ1) is 22.3. The number of H-pyrrole nitrogens is 1. The maximum Gasteiger partial charge on any atom is 0.305 e. The second kappa shape index (κ2) is 11.0. The number of fused-ring (bicyclic) bond motifs is 9. The Morgan fingerprint density at radius 3 is 2.46 bits per heavy atom. The number of benzene rings is 3. The number of aromatic nitrogens is 1. The standard InChI is InChI=1S/C33H26N4O7S2/c38-23(34-17-6-2-1-3-7-17)15-44-20-8-4-5-16(13-20)24-25-21-14-22(28(25)45-30-29(24)46-33(41)35-30)27-26(21)31(39)36(32(27)40)18-9-11-19(12-10-18)37(42)43/h1-13,21-22,24-28H,14-15H2,(H,34,38)(H,35,41)/t21-,22-,24+,25-,26+,27+,28-/m1/s1. The first-order valence-corrected chi connectivity index (χ1v) is 16.6. The summed E-state index contributed by atoms with van der Waals surface area (Å²) in [6, 6.07) is 22.2. The molecule has 2 bridgehead atoms. The van der Waals surface area contributed by atoms with Crippen LogP contribution in [-0.4, -0.2) is 39.5 Å². The normalized spacial score (nSPS) is 27.2. The molecule has 7 atom stereocenters. The Morgan fingerprint density at radius 1 is 0.978 bits per heavy atom. The average molecular weight is 655 g/mol. The van der Waals surface area contributed by atoms with Gasteiger partial charge in [0.25, 0.3) is 11.6 Å². The number of carbonyl (C=O) groups excluding carboxylic acids is 3. The number of hydrogen-bond acceptors (Lipinski definition) is 9. The number of nitro benzene ring substituents is 1. The monoisotopic (exact) mass is 654 g/mol. The van der Waals surface area contributed by atoms with E-state index in [9.17, 15) is 29.3 Å². The third-order valence-electron chi connectivity index (χ3n) is 9.69. The maximum absolute atomic E-state index is 14.0. The highest BCUT2D eigenvalue weighted by molar-refractivity contribution is 8.00. The number of nitro groups is 1. The zero-order valence-electron chi connectivity index (χ0n) is 24.0. The number of ether oxygens (including phenoxy) is 1. The fourth-order valence-electron chi connectivity index (χ4n) is 8.03. The lowest BCUT2D eigenvalue weighted by atomic mass is 9.68. The average Bonchev–Trinajstić information content (AvgIpc) is 3.79. The number of nitrogens with zero attached hydrogens (tertiary/aromatic N) is 2. The van der Waals surface area contributed by atoms with Crippen LogP contribution in [0.1, 0.15) is 22.8 Å². The fourth-order valence-corrected chi connectivity index (χ4v) is 10.9. The van der Waals surface area contributed by atoms with Crippen LogP contribution >= 0.6 is 23.1 Å². The summed E-state index contributed by atoms with van der Waals surface area (Å²) < 4.78 is 5.89. The lowest BCUT2D eigenvalue weighted by Crippen LogP contribution is -2.42. The van der Waals surface area contributed by atoms with Crippen LogP contribution in [0.25, 0.3) is 0 Å². The van der Waals surface area contributed by atoms with Crippen molar-refractivity contribution in [1.29, 1.82) is 0 Å². The molecule has 232 valence electrons. The number of non-ortho nitro benzene ring substituents is 1. The number of thiazole rings is 1. The van der Waals surface area contributed by atoms with Gasteiger partial charge in [-0.05, 0) is 66.1 Å². The number of nitrogens with one attached hydrogen (secondary N) is 2. The summed E-state index contributed by atoms with van der Waals surface area (Å²) in [6.45, 7) is -0.183. The van der Waals surface area contributed by atoms with Crippen molar-refractivity contribution in [1.82, 2.24) is 4.98 Å². The summed E-state index contributed by atoms with van der Waals surface area (Å²) in [5, 5.41) is 14.8. The minimum absolute atomic E-state index is 0.00351. The molecule has 4 aromatic rings. The molecule has 2 saturated carbocycles. The van der Waals surface area contributed by atoms with Gasteiger partial charge >= 0.3 is 4.87 Å². The maximum atomic E-state index is 14.0. The molecule has 2 N–H and O–H groups in total. The molecule has 4 aliphatic rings. The molecular weight excluding hydrogens is 629 g/mol. The number of anilines is 2. The number of para-hydroxylation sites is 1. The Balaban J connectivity index is 1.09. The predicted molar refractivity (Wildman–Crippen MR) is 171 cm³/mol. The quantitative estimate of drug-likeness (QED) is 0.160. The predicted octanol–water partition coefficient (Wildman–Crippen LogP) is 5.04. The van der Waals surface area contributed by atoms with Crippen LogP contribution in [-0.2, 0) is 14.4 Å². The number of thioether (sulfide) groups is 1. The van der Waals surface area contributed by atoms with E-state index in [4.69, 9.17) is 4.74 Å². The van der Waals surface area contributed by atoms with Crippen molar-refractivity contribution in [2.75, 3.05) is 16.8 Å². The Morgan fingerprint density at radius 2 is 1.72 bits per heavy atom. The topological polar surface area (TPSA) is 152 Å². The number of aromatic amines is 1. The van der Waals surface area contributed by atoms with Crippen LogP contribution in [0.4, 0.5) is 17.1 Å². The first-order valence-electron chi connectivity index (χ1n) is 14.9. The van der Waals surface area contributed by atoms with Gasteiger partial charge in [-0.25, -0.2) is 0 Å². The summed E-state index contributed by atoms with van der Waals surface area (Å²) in [7, 11) is 0. The van der Waals surface area contributed by atoms with Gasteiger partial charge in [-0.2, -0.15) is 0 Å². The molecule has 3 amide bonds. The van der Waals surface area contributed by atoms with Gasteiger partial charge in [0.05, 0.1) is 27.5 Å². The molecule has 0 radical (unpaired) electrons. The second-order valence-electron chi connectivity index (χ2n) is 12.0. The first kappa shape index (κ1) is 28.7. The minimum atomic E-state index is -0.517. The van der Waals surface area contributed by atoms with E-state index in [0.717, 1.165) is 21.9 Å². The van der Waals surface area contributed by atoms with Crippen LogP contribution in [0, 0.1) is 39.7 Å². The van der Waals surface area contributed by atoms with E-state index in [1.165, 1.54) is 40.5 Å². The van der Waals surface area contributed by atoms with E-state index in [-0.39, 0.29) is 63.8 Å². The van der Waals surface area contributed by atoms with Crippen molar-refractivity contribution in [3.63, 3.8) is 0 Å². The van der Waals surface area contributed by atoms with E-state index in [2.05, 4.69) is 10.3 Å². The third kappa shape index (κ3) is 4.56. The minimum Gasteiger partial charge on any atom is -0.484 e. The molecule has 2 aliphatic heterocycles. The smallest absolute Gasteiger partial charge is 0.305 e. The Bertz CT molecular complexity index is 1960. The molecule has 3 fully saturated rings. The van der Waals surface area contributed by atoms with Crippen LogP contribution in [0.3, 0.4) is 0 Å². The van der Waals surface area contributed by atoms with Crippen molar-refractivity contribution in [3.05, 3.63) is 109 Å². The highest BCUT2D eigenvalue weighted by Crippen LogP contribution is 2.68. The Labute approximate surface area is 270 Å². The summed E-state index contributed by atoms with van der Waals surface area (Å²) in [5.41, 5.74) is 1.82. The van der Waals surface area contributed by atoms with Crippen LogP contribution < -0.4 is 19.8 Å². The second-order valence-corrected chi connectivity index (χ2v) is 14.2. The molecular formula is C33H26N4O7S2. The highest BCUT2D eigenvalue weighted by atomic mass is 32.2. The molecule has 2 aliphatic carbocycles. The molecule has 1 saturated heterocycles. The van der Waals surface area contributed by atoms with Gasteiger partial charge in [-0.1, -0.05) is 41.7 Å². The van der Waals surface area contributed by atoms with Crippen LogP contribution in [0.5, 0.6) is 5.75 Å². The fraction of sp³-hybridized carbons (Fsp3) is 0.273. The van der Waals surface area contributed by atoms with Gasteiger partial charge in [0.1, 0.15) is 5.75 Å².